The summed E-state index contributed by atoms with van der Waals surface area (Å²) in [6, 6.07) is 0. The second-order valence-corrected chi connectivity index (χ2v) is 12.4. The van der Waals surface area contributed by atoms with E-state index < -0.39 is 44.4 Å². The molecule has 0 heterocycles. The molecule has 0 radical (unpaired) electrons. The summed E-state index contributed by atoms with van der Waals surface area (Å²) in [5.41, 5.74) is 0. The van der Waals surface area contributed by atoms with Crippen LogP contribution in [0.1, 0.15) is 119 Å². The molecule has 0 amide bonds. The third kappa shape index (κ3) is 11.9. The van der Waals surface area contributed by atoms with Gasteiger partial charge in [0.1, 0.15) is 0 Å². The molecule has 0 N–H and O–H groups in total. The summed E-state index contributed by atoms with van der Waals surface area (Å²) in [6.07, 6.45) is 9.72. The molecule has 0 rings (SSSR count). The van der Waals surface area contributed by atoms with E-state index in [-0.39, 0.29) is 17.8 Å². The molecule has 6 nitrogen and oxygen atoms in total. The standard InChI is InChI=1S/C25H45O6.Sn.3H/c1-7-13-16-19(10-4)22(26)29-25(30-23(27)20(11-5)17-14-8-2)31-24(28)21(12-6)18-15-9-3;;;;/h19-21H,7-18H2,1-6H3;;;;. The van der Waals surface area contributed by atoms with Gasteiger partial charge in [-0.15, -0.1) is 0 Å². The van der Waals surface area contributed by atoms with E-state index in [1.807, 2.05) is 20.8 Å². The second-order valence-electron chi connectivity index (χ2n) is 8.87. The molecule has 32 heavy (non-hydrogen) atoms. The first-order chi connectivity index (χ1) is 15.2. The van der Waals surface area contributed by atoms with E-state index in [0.29, 0.717) is 38.5 Å². The zero-order valence-electron chi connectivity index (χ0n) is 21.7. The number of carbonyl (C=O) groups is 3. The number of ether oxygens (including phenoxy) is 3. The van der Waals surface area contributed by atoms with Crippen LogP contribution in [0.3, 0.4) is 0 Å². The molecule has 0 aliphatic heterocycles. The maximum atomic E-state index is 12.9. The Morgan fingerprint density at radius 3 is 1.03 bits per heavy atom. The Morgan fingerprint density at radius 2 is 0.844 bits per heavy atom. The number of hydrogen-bond acceptors (Lipinski definition) is 6. The van der Waals surface area contributed by atoms with Crippen molar-refractivity contribution in [3.63, 3.8) is 0 Å². The van der Waals surface area contributed by atoms with Gasteiger partial charge in [-0.1, -0.05) is 0 Å². The van der Waals surface area contributed by atoms with Crippen LogP contribution in [0.4, 0.5) is 0 Å². The van der Waals surface area contributed by atoms with Crippen LogP contribution in [0.2, 0.25) is 0 Å². The maximum absolute atomic E-state index is 12.9. The van der Waals surface area contributed by atoms with E-state index in [1.165, 1.54) is 0 Å². The molecule has 0 aromatic carbocycles. The first-order valence-corrected chi connectivity index (χ1v) is 15.7. The van der Waals surface area contributed by atoms with Gasteiger partial charge in [0.2, 0.25) is 0 Å². The van der Waals surface area contributed by atoms with Crippen molar-refractivity contribution < 1.29 is 28.6 Å². The molecule has 0 aromatic heterocycles. The fourth-order valence-corrected chi connectivity index (χ4v) is 5.40. The van der Waals surface area contributed by atoms with Gasteiger partial charge in [0, 0.05) is 0 Å². The fourth-order valence-electron chi connectivity index (χ4n) is 3.68. The average Bonchev–Trinajstić information content (AvgIpc) is 2.74. The van der Waals surface area contributed by atoms with Crippen LogP contribution in [0.15, 0.2) is 0 Å². The van der Waals surface area contributed by atoms with Gasteiger partial charge in [0.25, 0.3) is 0 Å². The molecule has 3 atom stereocenters. The zero-order chi connectivity index (χ0) is 24.6. The average molecular weight is 563 g/mol. The molecule has 0 spiro atoms. The van der Waals surface area contributed by atoms with Crippen molar-refractivity contribution in [2.75, 3.05) is 0 Å². The fraction of sp³-hybridized carbons (Fsp3) is 0.880. The van der Waals surface area contributed by atoms with E-state index in [1.54, 1.807) is 0 Å². The molecular formula is C25H48O6Sn. The Morgan fingerprint density at radius 1 is 0.594 bits per heavy atom. The number of esters is 3. The Balaban J connectivity index is 5.60. The van der Waals surface area contributed by atoms with Crippen LogP contribution in [0.25, 0.3) is 0 Å². The summed E-state index contributed by atoms with van der Waals surface area (Å²) < 4.78 is 15.2. The van der Waals surface area contributed by atoms with Crippen LogP contribution in [-0.2, 0) is 28.6 Å². The molecule has 7 heteroatoms. The van der Waals surface area contributed by atoms with Gasteiger partial charge in [-0.3, -0.25) is 0 Å². The van der Waals surface area contributed by atoms with Crippen molar-refractivity contribution in [3.05, 3.63) is 0 Å². The minimum atomic E-state index is -1.84. The summed E-state index contributed by atoms with van der Waals surface area (Å²) in [5.74, 6) is -2.19. The van der Waals surface area contributed by atoms with Gasteiger partial charge >= 0.3 is 209 Å². The summed E-state index contributed by atoms with van der Waals surface area (Å²) in [4.78, 5) is 38.7. The van der Waals surface area contributed by atoms with Crippen molar-refractivity contribution in [1.29, 1.82) is 0 Å². The van der Waals surface area contributed by atoms with Crippen molar-refractivity contribution in [2.24, 2.45) is 17.8 Å². The van der Waals surface area contributed by atoms with Crippen molar-refractivity contribution in [2.45, 2.75) is 123 Å². The first-order valence-electron chi connectivity index (χ1n) is 12.9. The summed E-state index contributed by atoms with van der Waals surface area (Å²) in [5, 5.41) is 0. The first kappa shape index (κ1) is 31.2. The van der Waals surface area contributed by atoms with Crippen LogP contribution in [-0.4, -0.2) is 44.4 Å². The molecule has 0 bridgehead atoms. The van der Waals surface area contributed by atoms with E-state index in [4.69, 9.17) is 14.2 Å². The molecule has 0 aliphatic rings. The van der Waals surface area contributed by atoms with Gasteiger partial charge < -0.3 is 0 Å². The predicted octanol–water partition coefficient (Wildman–Crippen LogP) is 5.24. The zero-order valence-corrected chi connectivity index (χ0v) is 27.4. The summed E-state index contributed by atoms with van der Waals surface area (Å²) >= 11 is -0.635. The van der Waals surface area contributed by atoms with Crippen LogP contribution >= 0.6 is 0 Å². The normalized spacial score (nSPS) is 15.9. The van der Waals surface area contributed by atoms with Crippen molar-refractivity contribution in [3.8, 4) is 0 Å². The molecule has 0 saturated carbocycles. The Bertz CT molecular complexity index is 476. The number of carbonyl (C=O) groups excluding carboxylic acids is 3. The van der Waals surface area contributed by atoms with Crippen molar-refractivity contribution in [1.82, 2.24) is 0 Å². The molecule has 3 unspecified atom stereocenters. The Labute approximate surface area is 209 Å². The minimum absolute atomic E-state index is 0.290. The van der Waals surface area contributed by atoms with Crippen molar-refractivity contribution >= 4 is 40.4 Å². The third-order valence-corrected chi connectivity index (χ3v) is 7.80. The monoisotopic (exact) mass is 564 g/mol. The van der Waals surface area contributed by atoms with Crippen LogP contribution in [0, 0.1) is 17.8 Å². The summed E-state index contributed by atoms with van der Waals surface area (Å²) in [7, 11) is 0. The quantitative estimate of drug-likeness (QED) is 0.129. The third-order valence-electron chi connectivity index (χ3n) is 6.05. The summed E-state index contributed by atoms with van der Waals surface area (Å²) in [6.45, 7) is 12.0. The second kappa shape index (κ2) is 17.7. The van der Waals surface area contributed by atoms with Gasteiger partial charge in [0.15, 0.2) is 0 Å². The molecule has 188 valence electrons. The molecule has 0 aromatic rings. The topological polar surface area (TPSA) is 78.9 Å². The molecule has 0 fully saturated rings. The number of unbranched alkanes of at least 4 members (excludes halogenated alkanes) is 3. The van der Waals surface area contributed by atoms with Gasteiger partial charge in [-0.05, 0) is 0 Å². The van der Waals surface area contributed by atoms with E-state index in [0.717, 1.165) is 38.5 Å². The Kier molecular flexibility index (Phi) is 17.2. The molecule has 0 aliphatic carbocycles. The van der Waals surface area contributed by atoms with Gasteiger partial charge in [-0.2, -0.15) is 0 Å². The van der Waals surface area contributed by atoms with E-state index >= 15 is 0 Å². The predicted molar refractivity (Wildman–Crippen MR) is 131 cm³/mol. The number of rotatable bonds is 18. The van der Waals surface area contributed by atoms with E-state index in [9.17, 15) is 14.4 Å². The molecule has 0 saturated heterocycles. The Hall–Kier alpha value is -0.791. The number of hydrogen-bond donors (Lipinski definition) is 0. The SMILES string of the molecule is CCCCC(CC)C(=O)O[C]([SnH3])(OC(=O)C(CC)CCCC)OC(=O)C(CC)CCCC. The van der Waals surface area contributed by atoms with Gasteiger partial charge in [-0.25, -0.2) is 0 Å². The van der Waals surface area contributed by atoms with E-state index in [2.05, 4.69) is 20.8 Å². The van der Waals surface area contributed by atoms with Crippen LogP contribution in [0.5, 0.6) is 0 Å². The molecular weight excluding hydrogens is 515 g/mol. The van der Waals surface area contributed by atoms with Gasteiger partial charge in [0.05, 0.1) is 0 Å². The van der Waals surface area contributed by atoms with Crippen LogP contribution < -0.4 is 0 Å².